The lowest BCUT2D eigenvalue weighted by atomic mass is 9.50. The average Bonchev–Trinajstić information content (AvgIpc) is 2.87. The van der Waals surface area contributed by atoms with E-state index in [0.29, 0.717) is 18.4 Å². The second kappa shape index (κ2) is 10.2. The van der Waals surface area contributed by atoms with Crippen LogP contribution in [0, 0.1) is 23.7 Å². The van der Waals surface area contributed by atoms with Gasteiger partial charge < -0.3 is 31.1 Å². The molecule has 39 heavy (non-hydrogen) atoms. The number of phenolic OH excluding ortho intramolecular Hbond substituents is 1. The molecule has 210 valence electrons. The van der Waals surface area contributed by atoms with Crippen molar-refractivity contribution < 1.29 is 48.8 Å². The Morgan fingerprint density at radius 1 is 1.18 bits per heavy atom. The summed E-state index contributed by atoms with van der Waals surface area (Å²) in [7, 11) is 0. The van der Waals surface area contributed by atoms with Crippen LogP contribution in [0.3, 0.4) is 0 Å². The van der Waals surface area contributed by atoms with E-state index >= 15 is 0 Å². The molecule has 3 aliphatic rings. The Morgan fingerprint density at radius 3 is 2.44 bits per heavy atom. The van der Waals surface area contributed by atoms with Crippen LogP contribution < -0.4 is 11.1 Å². The van der Waals surface area contributed by atoms with Crippen molar-refractivity contribution in [1.82, 2.24) is 0 Å². The number of hydrogen-bond donors (Lipinski definition) is 5. The number of anilines is 1. The van der Waals surface area contributed by atoms with Crippen LogP contribution in [0.1, 0.15) is 61.9 Å². The van der Waals surface area contributed by atoms with E-state index in [1.807, 2.05) is 6.92 Å². The number of aromatic hydroxyl groups is 1. The lowest BCUT2D eigenvalue weighted by Crippen LogP contribution is -2.72. The van der Waals surface area contributed by atoms with Crippen molar-refractivity contribution in [1.29, 1.82) is 0 Å². The fourth-order valence-electron chi connectivity index (χ4n) is 6.44. The Labute approximate surface area is 223 Å². The fourth-order valence-corrected chi connectivity index (χ4v) is 6.44. The number of fused-ring (bicyclic) bond motifs is 3. The zero-order chi connectivity index (χ0) is 29.0. The van der Waals surface area contributed by atoms with Crippen LogP contribution in [0.2, 0.25) is 0 Å². The van der Waals surface area contributed by atoms with Crippen molar-refractivity contribution >= 4 is 40.7 Å². The molecule has 1 aromatic carbocycles. The van der Waals surface area contributed by atoms with Gasteiger partial charge >= 0.3 is 5.97 Å². The number of primary amides is 1. The smallest absolute Gasteiger partial charge is 0.328 e. The van der Waals surface area contributed by atoms with Crippen molar-refractivity contribution in [3.8, 4) is 5.75 Å². The van der Waals surface area contributed by atoms with Crippen LogP contribution >= 0.6 is 0 Å². The molecule has 8 atom stereocenters. The van der Waals surface area contributed by atoms with Gasteiger partial charge in [-0.05, 0) is 30.9 Å². The number of ether oxygens (including phenoxy) is 1. The molecule has 6 N–H and O–H groups in total. The largest absolute Gasteiger partial charge is 0.505 e. The standard InChI is InChI=1S/C27H32N2O10/c1-4-6-14(26(37)39-5-2)29-13-8-7-11-10(3)16-19(22(33)17(11)21(13)32)24(35)27(38)12(20(16)31)9-15(30)18(23(27)34)25(28)36/h7-8,10,12,14,16,18-20,29,31-32,38H,4-6,9H2,1-3H3,(H2,28,36)/t10-,12+,14?,16+,18?,19?,20+,27+/m0/s1. The molecule has 4 rings (SSSR count). The molecular formula is C27H32N2O10. The van der Waals surface area contributed by atoms with Gasteiger partial charge in [0.15, 0.2) is 34.7 Å². The van der Waals surface area contributed by atoms with Crippen LogP contribution in [-0.2, 0) is 28.7 Å². The highest BCUT2D eigenvalue weighted by Gasteiger charge is 2.69. The normalized spacial score (nSPS) is 32.5. The Hall–Kier alpha value is -3.64. The van der Waals surface area contributed by atoms with Gasteiger partial charge in [-0.3, -0.25) is 24.0 Å². The van der Waals surface area contributed by atoms with Gasteiger partial charge in [-0.25, -0.2) is 4.79 Å². The summed E-state index contributed by atoms with van der Waals surface area (Å²) in [6.07, 6.45) is -1.31. The predicted octanol–water partition coefficient (Wildman–Crippen LogP) is 0.00240. The van der Waals surface area contributed by atoms with Gasteiger partial charge in [0.1, 0.15) is 11.8 Å². The topological polar surface area (TPSA) is 210 Å². The summed E-state index contributed by atoms with van der Waals surface area (Å²) >= 11 is 0. The van der Waals surface area contributed by atoms with Crippen LogP contribution in [0.5, 0.6) is 5.75 Å². The maximum absolute atomic E-state index is 13.8. The van der Waals surface area contributed by atoms with Gasteiger partial charge in [0.05, 0.1) is 29.9 Å². The molecule has 2 saturated carbocycles. The lowest BCUT2D eigenvalue weighted by Gasteiger charge is -2.52. The van der Waals surface area contributed by atoms with E-state index in [2.05, 4.69) is 5.32 Å². The zero-order valence-corrected chi connectivity index (χ0v) is 21.8. The Balaban J connectivity index is 1.78. The molecule has 2 fully saturated rings. The number of hydrogen-bond acceptors (Lipinski definition) is 11. The molecule has 0 radical (unpaired) electrons. The molecule has 1 amide bonds. The van der Waals surface area contributed by atoms with Crippen molar-refractivity contribution in [2.24, 2.45) is 29.4 Å². The van der Waals surface area contributed by atoms with E-state index in [-0.39, 0.29) is 17.9 Å². The quantitative estimate of drug-likeness (QED) is 0.175. The van der Waals surface area contributed by atoms with Gasteiger partial charge in [0.2, 0.25) is 5.91 Å². The summed E-state index contributed by atoms with van der Waals surface area (Å²) in [6, 6.07) is 2.17. The van der Waals surface area contributed by atoms with E-state index in [1.165, 1.54) is 12.1 Å². The van der Waals surface area contributed by atoms with Crippen molar-refractivity contribution in [2.75, 3.05) is 11.9 Å². The van der Waals surface area contributed by atoms with Crippen molar-refractivity contribution in [3.05, 3.63) is 23.3 Å². The van der Waals surface area contributed by atoms with Crippen molar-refractivity contribution in [2.45, 2.75) is 63.7 Å². The molecule has 0 heterocycles. The Morgan fingerprint density at radius 2 is 1.85 bits per heavy atom. The van der Waals surface area contributed by atoms with E-state index in [1.54, 1.807) is 13.8 Å². The summed E-state index contributed by atoms with van der Waals surface area (Å²) in [5.74, 6) is -14.2. The minimum atomic E-state index is -2.98. The SMILES string of the molecule is CCCC(Nc1ccc2c(c1O)C(=O)C1C(=O)[C@]3(O)C(=O)C(C(N)=O)C(=O)C[C@@H]3[C@@H](O)[C@@H]1[C@H]2C)C(=O)OCC. The first-order valence-electron chi connectivity index (χ1n) is 13.0. The Kier molecular flexibility index (Phi) is 7.39. The molecular weight excluding hydrogens is 512 g/mol. The predicted molar refractivity (Wildman–Crippen MR) is 134 cm³/mol. The maximum Gasteiger partial charge on any atom is 0.328 e. The third kappa shape index (κ3) is 4.13. The van der Waals surface area contributed by atoms with Crippen LogP contribution in [0.25, 0.3) is 0 Å². The number of ketones is 4. The number of nitrogens with two attached hydrogens (primary N) is 1. The van der Waals surface area contributed by atoms with Gasteiger partial charge in [-0.2, -0.15) is 0 Å². The third-order valence-corrected chi connectivity index (χ3v) is 8.34. The van der Waals surface area contributed by atoms with E-state index in [9.17, 15) is 44.1 Å². The number of rotatable bonds is 7. The number of carbonyl (C=O) groups is 6. The number of amides is 1. The number of aliphatic hydroxyl groups is 2. The summed E-state index contributed by atoms with van der Waals surface area (Å²) in [4.78, 5) is 77.3. The van der Waals surface area contributed by atoms with Gasteiger partial charge in [0, 0.05) is 18.3 Å². The fraction of sp³-hybridized carbons (Fsp3) is 0.556. The average molecular weight is 545 g/mol. The molecule has 0 spiro atoms. The number of esters is 1. The molecule has 0 aromatic heterocycles. The summed E-state index contributed by atoms with van der Waals surface area (Å²) in [5.41, 5.74) is 2.30. The van der Waals surface area contributed by atoms with Gasteiger partial charge in [0.25, 0.3) is 0 Å². The van der Waals surface area contributed by atoms with E-state index < -0.39 is 94.5 Å². The Bertz CT molecular complexity index is 1280. The number of carbonyl (C=O) groups excluding carboxylic acids is 6. The molecule has 0 bridgehead atoms. The summed E-state index contributed by atoms with van der Waals surface area (Å²) in [5, 5.41) is 36.6. The molecule has 3 aliphatic carbocycles. The van der Waals surface area contributed by atoms with E-state index in [4.69, 9.17) is 10.5 Å². The minimum absolute atomic E-state index is 0.0350. The molecule has 3 unspecified atom stereocenters. The van der Waals surface area contributed by atoms with Gasteiger partial charge in [-0.1, -0.05) is 26.3 Å². The van der Waals surface area contributed by atoms with Crippen molar-refractivity contribution in [3.63, 3.8) is 0 Å². The maximum atomic E-state index is 13.8. The molecule has 0 aliphatic heterocycles. The summed E-state index contributed by atoms with van der Waals surface area (Å²) < 4.78 is 5.08. The van der Waals surface area contributed by atoms with Gasteiger partial charge in [-0.15, -0.1) is 0 Å². The number of nitrogens with one attached hydrogen (secondary N) is 1. The first-order valence-corrected chi connectivity index (χ1v) is 13.0. The van der Waals surface area contributed by atoms with Crippen LogP contribution in [0.15, 0.2) is 12.1 Å². The first-order chi connectivity index (χ1) is 18.3. The van der Waals surface area contributed by atoms with Crippen LogP contribution in [-0.4, -0.2) is 74.7 Å². The highest BCUT2D eigenvalue weighted by Crippen LogP contribution is 2.54. The highest BCUT2D eigenvalue weighted by molar-refractivity contribution is 6.31. The zero-order valence-electron chi connectivity index (χ0n) is 21.8. The number of aliphatic hydroxyl groups excluding tert-OH is 1. The molecule has 12 heteroatoms. The second-order valence-electron chi connectivity index (χ2n) is 10.5. The lowest BCUT2D eigenvalue weighted by molar-refractivity contribution is -0.189. The molecule has 1 aromatic rings. The monoisotopic (exact) mass is 544 g/mol. The molecule has 0 saturated heterocycles. The van der Waals surface area contributed by atoms with Crippen LogP contribution in [0.4, 0.5) is 5.69 Å². The number of phenols is 1. The summed E-state index contributed by atoms with van der Waals surface area (Å²) in [6.45, 7) is 5.27. The highest BCUT2D eigenvalue weighted by atomic mass is 16.5. The third-order valence-electron chi connectivity index (χ3n) is 8.34. The first kappa shape index (κ1) is 28.4. The minimum Gasteiger partial charge on any atom is -0.505 e. The number of benzene rings is 1. The molecule has 12 nitrogen and oxygen atoms in total. The van der Waals surface area contributed by atoms with E-state index in [0.717, 1.165) is 0 Å². The number of Topliss-reactive ketones (excluding diaryl/α,β-unsaturated/α-hetero) is 4. The second-order valence-corrected chi connectivity index (χ2v) is 10.5.